The molecule has 8 atom stereocenters. The summed E-state index contributed by atoms with van der Waals surface area (Å²) in [6.07, 6.45) is -1.14. The van der Waals surface area contributed by atoms with Gasteiger partial charge < -0.3 is 92.9 Å². The van der Waals surface area contributed by atoms with Gasteiger partial charge in [-0.2, -0.15) is 0 Å². The average molecular weight is 1160 g/mol. The van der Waals surface area contributed by atoms with Crippen molar-refractivity contribution in [2.24, 2.45) is 56.0 Å². The molecule has 0 aliphatic rings. The second kappa shape index (κ2) is 35.4. The minimum absolute atomic E-state index is 0.0185. The number of amides is 10. The van der Waals surface area contributed by atoms with Gasteiger partial charge in [-0.3, -0.25) is 57.9 Å². The Balaban J connectivity index is 1.92. The monoisotopic (exact) mass is 1160 g/mol. The summed E-state index contributed by atoms with van der Waals surface area (Å²) in [5.41, 5.74) is 40.3. The van der Waals surface area contributed by atoms with Crippen molar-refractivity contribution >= 4 is 71.0 Å². The van der Waals surface area contributed by atoms with Gasteiger partial charge in [0.05, 0.1) is 19.6 Å². The van der Waals surface area contributed by atoms with E-state index in [4.69, 9.17) is 40.1 Å². The number of hydrogen-bond acceptors (Lipinski definition) is 15. The number of phenols is 1. The highest BCUT2D eigenvalue weighted by atomic mass is 16.3. The molecule has 0 fully saturated rings. The van der Waals surface area contributed by atoms with Gasteiger partial charge in [-0.1, -0.05) is 86.6 Å². The fraction of sp³-hybridized carbons (Fsp3) is 0.444. The van der Waals surface area contributed by atoms with Crippen molar-refractivity contribution in [1.29, 1.82) is 0 Å². The number of nitrogens with one attached hydrogen (secondary N) is 8. The zero-order valence-corrected chi connectivity index (χ0v) is 46.4. The highest BCUT2D eigenvalue weighted by Crippen LogP contribution is 2.14. The molecule has 3 aromatic carbocycles. The predicted molar refractivity (Wildman–Crippen MR) is 306 cm³/mol. The van der Waals surface area contributed by atoms with Crippen LogP contribution in [-0.2, 0) is 67.2 Å². The van der Waals surface area contributed by atoms with E-state index in [1.807, 2.05) is 0 Å². The van der Waals surface area contributed by atoms with Gasteiger partial charge in [0.2, 0.25) is 59.1 Å². The molecule has 29 nitrogen and oxygen atoms in total. The van der Waals surface area contributed by atoms with Crippen LogP contribution in [0.2, 0.25) is 0 Å². The number of rotatable bonds is 36. The van der Waals surface area contributed by atoms with Gasteiger partial charge in [0.15, 0.2) is 11.9 Å². The summed E-state index contributed by atoms with van der Waals surface area (Å²) in [4.78, 5) is 144. The van der Waals surface area contributed by atoms with E-state index in [0.29, 0.717) is 16.7 Å². The number of benzene rings is 3. The van der Waals surface area contributed by atoms with Gasteiger partial charge in [-0.25, -0.2) is 0 Å². The Labute approximate surface area is 479 Å². The maximum absolute atomic E-state index is 14.5. The number of carbonyl (C=O) groups excluding carboxylic acids is 10. The number of aliphatic hydroxyl groups excluding tert-OH is 1. The quantitative estimate of drug-likeness (QED) is 0.0147. The summed E-state index contributed by atoms with van der Waals surface area (Å²) < 4.78 is 0. The molecule has 3 aromatic rings. The van der Waals surface area contributed by atoms with Gasteiger partial charge in [0, 0.05) is 32.4 Å². The van der Waals surface area contributed by atoms with E-state index in [0.717, 1.165) is 0 Å². The third kappa shape index (κ3) is 25.7. The van der Waals surface area contributed by atoms with Gasteiger partial charge >= 0.3 is 0 Å². The van der Waals surface area contributed by atoms with Crippen molar-refractivity contribution in [2.75, 3.05) is 26.2 Å². The van der Waals surface area contributed by atoms with Crippen molar-refractivity contribution in [2.45, 2.75) is 120 Å². The van der Waals surface area contributed by atoms with Gasteiger partial charge in [-0.15, -0.1) is 0 Å². The normalized spacial score (nSPS) is 13.7. The second-order valence-electron chi connectivity index (χ2n) is 19.8. The molecule has 0 unspecified atom stereocenters. The van der Waals surface area contributed by atoms with Gasteiger partial charge in [-0.05, 0) is 66.8 Å². The van der Waals surface area contributed by atoms with E-state index in [2.05, 4.69) is 52.5 Å². The number of nitrogens with zero attached hydrogens (tertiary/aromatic N) is 2. The van der Waals surface area contributed by atoms with Crippen LogP contribution in [0.5, 0.6) is 5.75 Å². The molecule has 0 saturated carbocycles. The van der Waals surface area contributed by atoms with Crippen LogP contribution in [0.25, 0.3) is 0 Å². The van der Waals surface area contributed by atoms with Gasteiger partial charge in [0.25, 0.3) is 0 Å². The molecule has 10 amide bonds. The molecule has 0 saturated heterocycles. The summed E-state index contributed by atoms with van der Waals surface area (Å²) in [5, 5.41) is 40.5. The Morgan fingerprint density at radius 2 is 0.819 bits per heavy atom. The SMILES string of the molecule is CC(C)C[C@H](NC(=O)[C@H](Cc1ccccc1)NC(=O)[C@H](CO)NC(=O)[C@H](CCCN=C(N)N)NC(=O)[C@H](CC(N)=O)NC(=O)[C@H](Cc1ccc(O)cc1)NC(=O)CN)C(=O)N[C@@H](CCCN=C(N)N)C(=O)N[C@@H](Cc1ccccc1)C(N)=O. The van der Waals surface area contributed by atoms with E-state index < -0.39 is 127 Å². The first-order valence-corrected chi connectivity index (χ1v) is 26.7. The Morgan fingerprint density at radius 3 is 1.25 bits per heavy atom. The van der Waals surface area contributed by atoms with Crippen molar-refractivity contribution < 1.29 is 58.2 Å². The lowest BCUT2D eigenvalue weighted by Gasteiger charge is -2.28. The summed E-state index contributed by atoms with van der Waals surface area (Å²) in [6.45, 7) is 1.99. The lowest BCUT2D eigenvalue weighted by atomic mass is 10.00. The maximum Gasteiger partial charge on any atom is 0.245 e. The molecule has 0 aliphatic carbocycles. The molecule has 83 heavy (non-hydrogen) atoms. The molecule has 29 heteroatoms. The van der Waals surface area contributed by atoms with Crippen LogP contribution < -0.4 is 82.7 Å². The van der Waals surface area contributed by atoms with Crippen LogP contribution >= 0.6 is 0 Å². The molecular formula is C54H79N17O12. The molecule has 0 bridgehead atoms. The van der Waals surface area contributed by atoms with Crippen molar-refractivity contribution in [3.8, 4) is 5.75 Å². The first-order chi connectivity index (χ1) is 39.4. The smallest absolute Gasteiger partial charge is 0.245 e. The maximum atomic E-state index is 14.5. The highest BCUT2D eigenvalue weighted by molar-refractivity contribution is 5.99. The van der Waals surface area contributed by atoms with Gasteiger partial charge in [0.1, 0.15) is 54.1 Å². The van der Waals surface area contributed by atoms with Crippen LogP contribution in [-0.4, -0.2) is 156 Å². The number of aliphatic imine (C=N–C) groups is 2. The number of guanidine groups is 2. The minimum Gasteiger partial charge on any atom is -0.508 e. The lowest BCUT2D eigenvalue weighted by Crippen LogP contribution is -2.61. The fourth-order valence-electron chi connectivity index (χ4n) is 8.22. The molecule has 3 rings (SSSR count). The topological polar surface area (TPSA) is 514 Å². The third-order valence-corrected chi connectivity index (χ3v) is 12.4. The zero-order chi connectivity index (χ0) is 61.6. The second-order valence-corrected chi connectivity index (χ2v) is 19.8. The van der Waals surface area contributed by atoms with E-state index >= 15 is 0 Å². The number of aromatic hydroxyl groups is 1. The number of primary amides is 2. The molecule has 0 radical (unpaired) electrons. The minimum atomic E-state index is -1.81. The Morgan fingerprint density at radius 1 is 0.458 bits per heavy atom. The number of carbonyl (C=O) groups is 10. The van der Waals surface area contributed by atoms with Crippen molar-refractivity contribution in [3.63, 3.8) is 0 Å². The van der Waals surface area contributed by atoms with Crippen molar-refractivity contribution in [1.82, 2.24) is 42.5 Å². The highest BCUT2D eigenvalue weighted by Gasteiger charge is 2.35. The summed E-state index contributed by atoms with van der Waals surface area (Å²) in [5.74, 6) is -10.2. The largest absolute Gasteiger partial charge is 0.508 e. The number of aliphatic hydroxyl groups is 1. The lowest BCUT2D eigenvalue weighted by molar-refractivity contribution is -0.136. The summed E-state index contributed by atoms with van der Waals surface area (Å²) in [7, 11) is 0. The summed E-state index contributed by atoms with van der Waals surface area (Å²) in [6, 6.07) is 11.0. The van der Waals surface area contributed by atoms with E-state index in [9.17, 15) is 58.2 Å². The Bertz CT molecular complexity index is 2710. The molecule has 452 valence electrons. The Kier molecular flexibility index (Phi) is 28.9. The average Bonchev–Trinajstić information content (AvgIpc) is 3.44. The number of nitrogens with two attached hydrogens (primary N) is 7. The van der Waals surface area contributed by atoms with Crippen LogP contribution in [0.1, 0.15) is 69.1 Å². The first-order valence-electron chi connectivity index (χ1n) is 26.7. The summed E-state index contributed by atoms with van der Waals surface area (Å²) >= 11 is 0. The van der Waals surface area contributed by atoms with Crippen LogP contribution in [0.3, 0.4) is 0 Å². The molecular weight excluding hydrogens is 1080 g/mol. The molecule has 0 heterocycles. The molecule has 0 spiro atoms. The molecule has 24 N–H and O–H groups in total. The molecule has 0 aliphatic heterocycles. The predicted octanol–water partition coefficient (Wildman–Crippen LogP) is -5.24. The Hall–Kier alpha value is -9.38. The van der Waals surface area contributed by atoms with Crippen LogP contribution in [0.4, 0.5) is 0 Å². The van der Waals surface area contributed by atoms with Crippen molar-refractivity contribution in [3.05, 3.63) is 102 Å². The molecule has 0 aromatic heterocycles. The zero-order valence-electron chi connectivity index (χ0n) is 46.4. The number of phenolic OH excluding ortho intramolecular Hbond substituents is 1. The number of hydrogen-bond donors (Lipinski definition) is 17. The van der Waals surface area contributed by atoms with E-state index in [1.54, 1.807) is 74.5 Å². The fourth-order valence-corrected chi connectivity index (χ4v) is 8.22. The van der Waals surface area contributed by atoms with E-state index in [-0.39, 0.29) is 88.0 Å². The van der Waals surface area contributed by atoms with E-state index in [1.165, 1.54) is 24.3 Å². The van der Waals surface area contributed by atoms with Crippen LogP contribution in [0.15, 0.2) is 94.9 Å². The first kappa shape index (κ1) is 67.9. The third-order valence-electron chi connectivity index (χ3n) is 12.4. The standard InChI is InChI=1S/C54H79N17O12/c1-30(2)23-38(48(79)65-35(15-9-21-62-53(58)59)46(77)67-37(45(57)76)24-31-11-5-3-6-12-31)68-50(81)40(25-32-13-7-4-8-14-32)69-52(83)42(29-72)71-47(78)36(16-10-22-63-54(60)61)66-51(82)41(27-43(56)74)70-49(80)39(64-44(75)28-55)26-33-17-19-34(73)20-18-33/h3-8,11-14,17-20,30,35-42,72-73H,9-10,15-16,21-29,55H2,1-2H3,(H2,56,74)(H2,57,76)(H,64,75)(H,65,79)(H,66,82)(H,67,77)(H,68,81)(H,69,83)(H,70,80)(H,71,78)(H4,58,59,62)(H4,60,61,63)/t35-,36-,37-,38-,39-,40-,41-,42-/m0/s1. The van der Waals surface area contributed by atoms with Crippen LogP contribution in [0, 0.1) is 5.92 Å².